The number of aliphatic hydroxyl groups excluding tert-OH is 2. The van der Waals surface area contributed by atoms with Gasteiger partial charge in [-0.05, 0) is 90.7 Å². The number of ketones is 2. The molecule has 4 saturated carbocycles. The fourth-order valence-corrected chi connectivity index (χ4v) is 10.1. The summed E-state index contributed by atoms with van der Waals surface area (Å²) in [6.45, 7) is 7.38. The van der Waals surface area contributed by atoms with Gasteiger partial charge in [-0.25, -0.2) is 0 Å². The van der Waals surface area contributed by atoms with Crippen molar-refractivity contribution in [1.29, 1.82) is 0 Å². The Kier molecular flexibility index (Phi) is 6.90. The van der Waals surface area contributed by atoms with Crippen molar-refractivity contribution in [3.05, 3.63) is 45.2 Å². The number of hydrogen-bond donors (Lipinski definition) is 5. The molecule has 1 aromatic carbocycles. The molecule has 0 aromatic heterocycles. The van der Waals surface area contributed by atoms with Crippen LogP contribution in [0.1, 0.15) is 88.0 Å². The molecule has 1 amide bonds. The van der Waals surface area contributed by atoms with Crippen LogP contribution in [0, 0.1) is 34.5 Å². The number of nitrogens with two attached hydrogens (primary N) is 1. The number of Topliss-reactive ketones (excluding diaryl/α,β-unsaturated/α-hetero) is 2. The second-order valence-electron chi connectivity index (χ2n) is 15.7. The fourth-order valence-electron chi connectivity index (χ4n) is 10.1. The summed E-state index contributed by atoms with van der Waals surface area (Å²) in [6, 6.07) is 1.10. The van der Waals surface area contributed by atoms with Crippen molar-refractivity contribution in [2.24, 2.45) is 40.2 Å². The zero-order valence-electron chi connectivity index (χ0n) is 26.7. The van der Waals surface area contributed by atoms with E-state index in [0.29, 0.717) is 18.4 Å². The Hall–Kier alpha value is -3.38. The Labute approximate surface area is 270 Å². The first-order valence-electron chi connectivity index (χ1n) is 16.5. The molecule has 254 valence electrons. The van der Waals surface area contributed by atoms with Crippen molar-refractivity contribution in [3.63, 3.8) is 0 Å². The molecule has 0 spiro atoms. The van der Waals surface area contributed by atoms with E-state index >= 15 is 13.2 Å². The van der Waals surface area contributed by atoms with Crippen LogP contribution in [0.4, 0.5) is 13.2 Å². The normalized spacial score (nSPS) is 34.6. The fraction of sp³-hybridized carbons (Fsp3) is 0.629. The molecule has 0 saturated heterocycles. The SMILES string of the molecule is CC1(C)C2CCC1(C)[C@@H](N(Cc1cc(O)c3c(c1C(F)(F)F)CC1C[C@H]4CC(=O)C(C(N)=O)=C(O)[C@@]4(O)C(=O)C1=C3O)CC1CC1)C2. The van der Waals surface area contributed by atoms with Crippen LogP contribution in [0.2, 0.25) is 0 Å². The van der Waals surface area contributed by atoms with E-state index in [1.807, 2.05) is 0 Å². The van der Waals surface area contributed by atoms with Gasteiger partial charge < -0.3 is 26.2 Å². The molecular formula is C35H41F3N2O7. The van der Waals surface area contributed by atoms with E-state index < -0.39 is 93.5 Å². The summed E-state index contributed by atoms with van der Waals surface area (Å²) < 4.78 is 45.5. The maximum Gasteiger partial charge on any atom is 0.417 e. The number of aromatic hydroxyl groups is 1. The average Bonchev–Trinajstić information content (AvgIpc) is 3.71. The lowest BCUT2D eigenvalue weighted by atomic mass is 9.59. The molecule has 47 heavy (non-hydrogen) atoms. The highest BCUT2D eigenvalue weighted by Crippen LogP contribution is 2.67. The standard InChI is InChI=1S/C35H41F3N2O7/c1-32(2)18-6-7-33(32,3)23(12-18)40(13-15-4-5-15)14-17-10-21(41)25-20(27(17)35(36,37)38)9-16-8-19-11-22(42)26(31(39)46)30(45)34(19,47)29(44)24(16)28(25)43/h10,15-16,18-19,23,41,43,45,47H,4-9,11-14H2,1-3H3,(H2,39,46)/t16?,18?,19-,23-,33?,34-/m0/s1. The Balaban J connectivity index is 1.33. The second-order valence-corrected chi connectivity index (χ2v) is 15.7. The highest BCUT2D eigenvalue weighted by Gasteiger charge is 2.63. The number of carbonyl (C=O) groups is 3. The van der Waals surface area contributed by atoms with Gasteiger partial charge in [-0.1, -0.05) is 20.8 Å². The summed E-state index contributed by atoms with van der Waals surface area (Å²) in [7, 11) is 0. The number of hydrogen-bond acceptors (Lipinski definition) is 8. The van der Waals surface area contributed by atoms with Crippen molar-refractivity contribution >= 4 is 23.2 Å². The minimum Gasteiger partial charge on any atom is -0.508 e. The van der Waals surface area contributed by atoms with Gasteiger partial charge in [0, 0.05) is 37.0 Å². The minimum atomic E-state index is -4.87. The van der Waals surface area contributed by atoms with Crippen LogP contribution in [-0.4, -0.2) is 61.0 Å². The number of primary amides is 1. The lowest BCUT2D eigenvalue weighted by molar-refractivity contribution is -0.147. The lowest BCUT2D eigenvalue weighted by Crippen LogP contribution is -2.58. The first-order chi connectivity index (χ1) is 21.8. The molecule has 4 fully saturated rings. The molecule has 6 aliphatic carbocycles. The van der Waals surface area contributed by atoms with E-state index in [0.717, 1.165) is 38.2 Å². The van der Waals surface area contributed by atoms with Crippen molar-refractivity contribution in [2.75, 3.05) is 6.54 Å². The molecule has 0 heterocycles. The average molecular weight is 659 g/mol. The molecule has 7 rings (SSSR count). The molecule has 0 radical (unpaired) electrons. The van der Waals surface area contributed by atoms with E-state index in [9.17, 15) is 34.8 Å². The topological polar surface area (TPSA) is 161 Å². The van der Waals surface area contributed by atoms with Gasteiger partial charge in [0.15, 0.2) is 11.4 Å². The predicted octanol–water partition coefficient (Wildman–Crippen LogP) is 4.87. The number of nitrogens with zero attached hydrogens (tertiary/aromatic N) is 1. The van der Waals surface area contributed by atoms with Crippen molar-refractivity contribution in [2.45, 2.75) is 96.5 Å². The number of halogens is 3. The van der Waals surface area contributed by atoms with Crippen LogP contribution in [0.15, 0.2) is 23.0 Å². The first kappa shape index (κ1) is 32.2. The lowest BCUT2D eigenvalue weighted by Gasteiger charge is -2.46. The number of phenols is 1. The van der Waals surface area contributed by atoms with Crippen LogP contribution < -0.4 is 5.73 Å². The summed E-state index contributed by atoms with van der Waals surface area (Å²) in [5, 5.41) is 44.9. The molecule has 9 nitrogen and oxygen atoms in total. The quantitative estimate of drug-likeness (QED) is 0.271. The molecule has 6 N–H and O–H groups in total. The number of amides is 1. The van der Waals surface area contributed by atoms with Gasteiger partial charge in [0.25, 0.3) is 5.91 Å². The number of benzene rings is 1. The van der Waals surface area contributed by atoms with Gasteiger partial charge in [0.05, 0.1) is 11.1 Å². The highest BCUT2D eigenvalue weighted by atomic mass is 19.4. The van der Waals surface area contributed by atoms with Crippen LogP contribution >= 0.6 is 0 Å². The smallest absolute Gasteiger partial charge is 0.417 e. The van der Waals surface area contributed by atoms with E-state index in [-0.39, 0.29) is 41.0 Å². The van der Waals surface area contributed by atoms with Crippen LogP contribution in [0.25, 0.3) is 5.76 Å². The van der Waals surface area contributed by atoms with Gasteiger partial charge in [-0.3, -0.25) is 19.3 Å². The third-order valence-corrected chi connectivity index (χ3v) is 13.2. The molecule has 6 aliphatic rings. The Morgan fingerprint density at radius 2 is 1.72 bits per heavy atom. The van der Waals surface area contributed by atoms with Crippen molar-refractivity contribution in [3.8, 4) is 5.75 Å². The van der Waals surface area contributed by atoms with Crippen LogP contribution in [0.5, 0.6) is 5.75 Å². The second kappa shape index (κ2) is 10.1. The third-order valence-electron chi connectivity index (χ3n) is 13.2. The van der Waals surface area contributed by atoms with Crippen molar-refractivity contribution < 1.29 is 48.0 Å². The molecule has 0 aliphatic heterocycles. The summed E-state index contributed by atoms with van der Waals surface area (Å²) in [4.78, 5) is 40.5. The number of phenolic OH excluding ortho intramolecular Hbond substituents is 1. The predicted molar refractivity (Wildman–Crippen MR) is 163 cm³/mol. The summed E-state index contributed by atoms with van der Waals surface area (Å²) in [5.41, 5.74) is -0.958. The zero-order chi connectivity index (χ0) is 34.2. The molecule has 12 heteroatoms. The molecule has 1 aromatic rings. The number of carbonyl (C=O) groups excluding carboxylic acids is 3. The van der Waals surface area contributed by atoms with E-state index in [1.54, 1.807) is 0 Å². The Morgan fingerprint density at radius 1 is 1.04 bits per heavy atom. The van der Waals surface area contributed by atoms with Gasteiger partial charge in [-0.15, -0.1) is 0 Å². The van der Waals surface area contributed by atoms with Crippen molar-refractivity contribution in [1.82, 2.24) is 4.90 Å². The number of alkyl halides is 3. The monoisotopic (exact) mass is 658 g/mol. The van der Waals surface area contributed by atoms with Gasteiger partial charge in [0.2, 0.25) is 5.78 Å². The maximum absolute atomic E-state index is 15.2. The van der Waals surface area contributed by atoms with Gasteiger partial charge in [0.1, 0.15) is 22.8 Å². The maximum atomic E-state index is 15.2. The number of aliphatic hydroxyl groups is 3. The largest absolute Gasteiger partial charge is 0.508 e. The van der Waals surface area contributed by atoms with E-state index in [2.05, 4.69) is 25.7 Å². The minimum absolute atomic E-state index is 0.0368. The van der Waals surface area contributed by atoms with E-state index in [4.69, 9.17) is 5.73 Å². The zero-order valence-corrected chi connectivity index (χ0v) is 26.7. The third kappa shape index (κ3) is 4.39. The Morgan fingerprint density at radius 3 is 2.28 bits per heavy atom. The molecule has 3 unspecified atom stereocenters. The van der Waals surface area contributed by atoms with Crippen LogP contribution in [-0.2, 0) is 33.5 Å². The van der Waals surface area contributed by atoms with Crippen LogP contribution in [0.3, 0.4) is 0 Å². The highest BCUT2D eigenvalue weighted by molar-refractivity contribution is 6.22. The summed E-state index contributed by atoms with van der Waals surface area (Å²) in [6.07, 6.45) is -1.03. The first-order valence-corrected chi connectivity index (χ1v) is 16.5. The summed E-state index contributed by atoms with van der Waals surface area (Å²) in [5.74, 6) is -7.72. The molecule has 2 bridgehead atoms. The number of rotatable bonds is 6. The van der Waals surface area contributed by atoms with Gasteiger partial charge >= 0.3 is 6.18 Å². The molecular weight excluding hydrogens is 617 g/mol. The van der Waals surface area contributed by atoms with E-state index in [1.165, 1.54) is 0 Å². The van der Waals surface area contributed by atoms with Gasteiger partial charge in [-0.2, -0.15) is 13.2 Å². The number of fused-ring (bicyclic) bond motifs is 5. The Bertz CT molecular complexity index is 1690. The molecule has 6 atom stereocenters. The summed E-state index contributed by atoms with van der Waals surface area (Å²) >= 11 is 0.